The van der Waals surface area contributed by atoms with Gasteiger partial charge in [-0.1, -0.05) is 6.07 Å². The molecule has 1 aliphatic heterocycles. The van der Waals surface area contributed by atoms with E-state index in [1.54, 1.807) is 35.9 Å². The van der Waals surface area contributed by atoms with Crippen molar-refractivity contribution < 1.29 is 4.79 Å². The van der Waals surface area contributed by atoms with Crippen molar-refractivity contribution in [2.75, 3.05) is 43.4 Å². The van der Waals surface area contributed by atoms with E-state index in [1.165, 1.54) is 0 Å². The summed E-state index contributed by atoms with van der Waals surface area (Å²) in [5.41, 5.74) is 2.64. The van der Waals surface area contributed by atoms with E-state index in [9.17, 15) is 4.79 Å². The molecule has 8 heteroatoms. The number of hydrogen-bond donors (Lipinski definition) is 1. The fourth-order valence-electron chi connectivity index (χ4n) is 3.87. The van der Waals surface area contributed by atoms with Gasteiger partial charge in [0.05, 0.1) is 0 Å². The number of pyridine rings is 2. The molecule has 4 heterocycles. The second-order valence-electron chi connectivity index (χ2n) is 8.04. The molecule has 7 nitrogen and oxygen atoms in total. The van der Waals surface area contributed by atoms with Crippen molar-refractivity contribution in [3.63, 3.8) is 0 Å². The number of benzene rings is 1. The Labute approximate surface area is 190 Å². The highest BCUT2D eigenvalue weighted by atomic mass is 32.1. The maximum atomic E-state index is 12.8. The molecule has 32 heavy (non-hydrogen) atoms. The van der Waals surface area contributed by atoms with Crippen LogP contribution in [0, 0.1) is 6.92 Å². The Bertz CT molecular complexity index is 1260. The number of carbonyl (C=O) groups excluding carboxylic acids is 1. The Kier molecular flexibility index (Phi) is 5.55. The number of piperazine rings is 1. The first kappa shape index (κ1) is 20.5. The Balaban J connectivity index is 1.57. The number of fused-ring (bicyclic) bond motifs is 1. The van der Waals surface area contributed by atoms with Crippen LogP contribution in [0.25, 0.3) is 21.3 Å². The zero-order valence-corrected chi connectivity index (χ0v) is 18.9. The Morgan fingerprint density at radius 3 is 2.53 bits per heavy atom. The summed E-state index contributed by atoms with van der Waals surface area (Å²) in [6.07, 6.45) is 3.22. The third-order valence-corrected chi connectivity index (χ3v) is 6.67. The van der Waals surface area contributed by atoms with Gasteiger partial charge >= 0.3 is 0 Å². The molecule has 1 amide bonds. The molecule has 0 aliphatic carbocycles. The third-order valence-electron chi connectivity index (χ3n) is 5.66. The molecular weight excluding hydrogens is 420 g/mol. The lowest BCUT2D eigenvalue weighted by atomic mass is 10.1. The van der Waals surface area contributed by atoms with Crippen molar-refractivity contribution >= 4 is 39.7 Å². The van der Waals surface area contributed by atoms with E-state index in [2.05, 4.69) is 55.7 Å². The molecule has 0 unspecified atom stereocenters. The van der Waals surface area contributed by atoms with Gasteiger partial charge in [0, 0.05) is 66.2 Å². The highest BCUT2D eigenvalue weighted by molar-refractivity contribution is 7.13. The molecule has 3 aromatic heterocycles. The lowest BCUT2D eigenvalue weighted by molar-refractivity contribution is 0.102. The van der Waals surface area contributed by atoms with Crippen molar-refractivity contribution in [3.05, 3.63) is 65.4 Å². The van der Waals surface area contributed by atoms with Crippen LogP contribution in [0.2, 0.25) is 0 Å². The van der Waals surface area contributed by atoms with Crippen LogP contribution in [-0.2, 0) is 0 Å². The van der Waals surface area contributed by atoms with E-state index < -0.39 is 0 Å². The quantitative estimate of drug-likeness (QED) is 0.512. The highest BCUT2D eigenvalue weighted by Crippen LogP contribution is 2.33. The Hall–Kier alpha value is -3.36. The van der Waals surface area contributed by atoms with Crippen LogP contribution >= 0.6 is 11.3 Å². The molecule has 4 aromatic rings. The third kappa shape index (κ3) is 4.19. The number of rotatable bonds is 4. The summed E-state index contributed by atoms with van der Waals surface area (Å²) < 4.78 is 0. The first-order chi connectivity index (χ1) is 15.6. The van der Waals surface area contributed by atoms with Gasteiger partial charge in [0.1, 0.15) is 16.6 Å². The highest BCUT2D eigenvalue weighted by Gasteiger charge is 2.20. The number of nitrogens with zero attached hydrogens (tertiary/aromatic N) is 5. The van der Waals surface area contributed by atoms with Crippen LogP contribution in [0.4, 0.5) is 11.6 Å². The van der Waals surface area contributed by atoms with E-state index in [4.69, 9.17) is 4.98 Å². The van der Waals surface area contributed by atoms with Crippen LogP contribution in [0.1, 0.15) is 16.1 Å². The molecule has 162 valence electrons. The fourth-order valence-corrected chi connectivity index (χ4v) is 4.67. The average Bonchev–Trinajstić information content (AvgIpc) is 3.25. The van der Waals surface area contributed by atoms with Gasteiger partial charge in [-0.15, -0.1) is 11.3 Å². The van der Waals surface area contributed by atoms with Crippen LogP contribution in [-0.4, -0.2) is 59.0 Å². The predicted octanol–water partition coefficient (Wildman–Crippen LogP) is 4.07. The summed E-state index contributed by atoms with van der Waals surface area (Å²) >= 11 is 1.64. The maximum Gasteiger partial charge on any atom is 0.256 e. The first-order valence-corrected chi connectivity index (χ1v) is 11.5. The summed E-state index contributed by atoms with van der Waals surface area (Å²) in [4.78, 5) is 30.9. The van der Waals surface area contributed by atoms with Crippen molar-refractivity contribution in [3.8, 4) is 10.6 Å². The van der Waals surface area contributed by atoms with Crippen molar-refractivity contribution in [1.29, 1.82) is 0 Å². The normalized spacial score (nSPS) is 14.6. The van der Waals surface area contributed by atoms with Crippen LogP contribution in [0.15, 0.2) is 54.2 Å². The van der Waals surface area contributed by atoms with Gasteiger partial charge in [-0.2, -0.15) is 0 Å². The number of carbonyl (C=O) groups is 1. The molecule has 5 rings (SSSR count). The van der Waals surface area contributed by atoms with E-state index in [0.29, 0.717) is 11.4 Å². The molecule has 1 aliphatic rings. The smallest absolute Gasteiger partial charge is 0.256 e. The van der Waals surface area contributed by atoms with Gasteiger partial charge in [-0.25, -0.2) is 9.97 Å². The summed E-state index contributed by atoms with van der Waals surface area (Å²) in [5, 5.41) is 8.13. The number of nitrogens with one attached hydrogen (secondary N) is 1. The molecule has 0 saturated carbocycles. The first-order valence-electron chi connectivity index (χ1n) is 10.6. The van der Waals surface area contributed by atoms with Gasteiger partial charge in [0.25, 0.3) is 5.91 Å². The van der Waals surface area contributed by atoms with Gasteiger partial charge in [-0.05, 0) is 49.7 Å². The lowest BCUT2D eigenvalue weighted by Crippen LogP contribution is -2.45. The van der Waals surface area contributed by atoms with Gasteiger partial charge in [0.2, 0.25) is 0 Å². The van der Waals surface area contributed by atoms with Crippen LogP contribution in [0.3, 0.4) is 0 Å². The van der Waals surface area contributed by atoms with Gasteiger partial charge < -0.3 is 15.1 Å². The topological polar surface area (TPSA) is 74.2 Å². The Morgan fingerprint density at radius 1 is 1.03 bits per heavy atom. The molecule has 1 aromatic carbocycles. The molecule has 1 N–H and O–H groups in total. The van der Waals surface area contributed by atoms with Crippen molar-refractivity contribution in [2.24, 2.45) is 0 Å². The van der Waals surface area contributed by atoms with Gasteiger partial charge in [-0.3, -0.25) is 9.78 Å². The number of hydrogen-bond acceptors (Lipinski definition) is 7. The summed E-state index contributed by atoms with van der Waals surface area (Å²) in [6, 6.07) is 11.7. The maximum absolute atomic E-state index is 12.8. The standard InChI is InChI=1S/C24H24N6OS/c1-16-15-32-24(26-16)18-3-4-20-19(13-18)14-21(28-23(31)17-5-7-25-8-6-17)27-22(20)30-11-9-29(2)10-12-30/h3-8,13-15H,9-12H2,1-2H3,(H,27,28,31). The largest absolute Gasteiger partial charge is 0.353 e. The second-order valence-corrected chi connectivity index (χ2v) is 8.90. The molecule has 0 bridgehead atoms. The van der Waals surface area contributed by atoms with Gasteiger partial charge in [0.15, 0.2) is 0 Å². The van der Waals surface area contributed by atoms with Crippen LogP contribution in [0.5, 0.6) is 0 Å². The van der Waals surface area contributed by atoms with E-state index in [0.717, 1.165) is 59.0 Å². The molecule has 0 atom stereocenters. The van der Waals surface area contributed by atoms with Crippen molar-refractivity contribution in [2.45, 2.75) is 6.92 Å². The van der Waals surface area contributed by atoms with Crippen molar-refractivity contribution in [1.82, 2.24) is 19.9 Å². The van der Waals surface area contributed by atoms with E-state index >= 15 is 0 Å². The lowest BCUT2D eigenvalue weighted by Gasteiger charge is -2.34. The minimum absolute atomic E-state index is 0.199. The predicted molar refractivity (Wildman–Crippen MR) is 129 cm³/mol. The monoisotopic (exact) mass is 444 g/mol. The molecule has 0 spiro atoms. The SMILES string of the molecule is Cc1csc(-c2ccc3c(N4CCN(C)CC4)nc(NC(=O)c4ccncc4)cc3c2)n1. The number of thiazole rings is 1. The number of aryl methyl sites for hydroxylation is 1. The van der Waals surface area contributed by atoms with E-state index in [-0.39, 0.29) is 5.91 Å². The molecule has 1 saturated heterocycles. The second kappa shape index (κ2) is 8.64. The summed E-state index contributed by atoms with van der Waals surface area (Å²) in [5.74, 6) is 1.25. The number of amides is 1. The molecule has 0 radical (unpaired) electrons. The average molecular weight is 445 g/mol. The molecular formula is C24H24N6OS. The number of likely N-dealkylation sites (N-methyl/N-ethyl adjacent to an activating group) is 1. The zero-order valence-electron chi connectivity index (χ0n) is 18.1. The zero-order chi connectivity index (χ0) is 22.1. The Morgan fingerprint density at radius 2 is 1.81 bits per heavy atom. The van der Waals surface area contributed by atoms with E-state index in [1.807, 2.05) is 13.0 Å². The molecule has 1 fully saturated rings. The summed E-state index contributed by atoms with van der Waals surface area (Å²) in [7, 11) is 2.14. The summed E-state index contributed by atoms with van der Waals surface area (Å²) in [6.45, 7) is 5.76. The number of anilines is 2. The van der Waals surface area contributed by atoms with Crippen LogP contribution < -0.4 is 10.2 Å². The minimum atomic E-state index is -0.199. The number of aromatic nitrogens is 3. The fraction of sp³-hybridized carbons (Fsp3) is 0.250. The minimum Gasteiger partial charge on any atom is -0.353 e.